The fraction of sp³-hybridized carbons (Fsp3) is 0.500. The van der Waals surface area contributed by atoms with Gasteiger partial charge in [-0.1, -0.05) is 0 Å². The number of halogens is 1. The number of piperazine rings is 1. The molecule has 0 aromatic heterocycles. The van der Waals surface area contributed by atoms with Gasteiger partial charge in [0, 0.05) is 45.0 Å². The highest BCUT2D eigenvalue weighted by Gasteiger charge is 2.25. The van der Waals surface area contributed by atoms with Gasteiger partial charge in [-0.15, -0.1) is 0 Å². The first-order valence-corrected chi connectivity index (χ1v) is 6.85. The highest BCUT2D eigenvalue weighted by molar-refractivity contribution is 5.95. The third kappa shape index (κ3) is 2.31. The summed E-state index contributed by atoms with van der Waals surface area (Å²) in [7, 11) is 1.66. The molecule has 0 unspecified atom stereocenters. The summed E-state index contributed by atoms with van der Waals surface area (Å²) in [4.78, 5) is 15.5. The van der Waals surface area contributed by atoms with Crippen LogP contribution in [0.1, 0.15) is 6.42 Å². The smallest absolute Gasteiger partial charge is 0.230 e. The van der Waals surface area contributed by atoms with Crippen molar-refractivity contribution in [3.8, 4) is 5.75 Å². The molecule has 0 spiro atoms. The predicted molar refractivity (Wildman–Crippen MR) is 75.0 cm³/mol. The van der Waals surface area contributed by atoms with E-state index in [-0.39, 0.29) is 24.7 Å². The SMILES string of the molecule is CN1C(=O)CCOc2c(F)cc(N3CCNCC3)cc21. The van der Waals surface area contributed by atoms with Crippen LogP contribution in [0.5, 0.6) is 5.75 Å². The number of nitrogens with one attached hydrogen (secondary N) is 1. The zero-order valence-electron chi connectivity index (χ0n) is 11.5. The van der Waals surface area contributed by atoms with Gasteiger partial charge in [0.15, 0.2) is 11.6 Å². The van der Waals surface area contributed by atoms with E-state index in [1.165, 1.54) is 11.0 Å². The van der Waals surface area contributed by atoms with Gasteiger partial charge >= 0.3 is 0 Å². The minimum absolute atomic E-state index is 0.0550. The molecule has 0 bridgehead atoms. The Balaban J connectivity index is 2.00. The number of carbonyl (C=O) groups is 1. The molecule has 108 valence electrons. The zero-order chi connectivity index (χ0) is 14.1. The lowest BCUT2D eigenvalue weighted by atomic mass is 10.2. The fourth-order valence-electron chi connectivity index (χ4n) is 2.61. The van der Waals surface area contributed by atoms with E-state index in [0.29, 0.717) is 5.69 Å². The Bertz CT molecular complexity index is 529. The Morgan fingerprint density at radius 1 is 1.30 bits per heavy atom. The maximum absolute atomic E-state index is 14.3. The summed E-state index contributed by atoms with van der Waals surface area (Å²) < 4.78 is 19.7. The number of fused-ring (bicyclic) bond motifs is 1. The van der Waals surface area contributed by atoms with E-state index in [4.69, 9.17) is 4.74 Å². The second-order valence-corrected chi connectivity index (χ2v) is 5.06. The molecule has 0 atom stereocenters. The Morgan fingerprint density at radius 3 is 2.80 bits per heavy atom. The van der Waals surface area contributed by atoms with E-state index >= 15 is 0 Å². The van der Waals surface area contributed by atoms with Crippen molar-refractivity contribution in [2.75, 3.05) is 49.6 Å². The van der Waals surface area contributed by atoms with E-state index in [9.17, 15) is 9.18 Å². The monoisotopic (exact) mass is 279 g/mol. The number of rotatable bonds is 1. The number of amides is 1. The Hall–Kier alpha value is -1.82. The van der Waals surface area contributed by atoms with E-state index in [2.05, 4.69) is 10.2 Å². The summed E-state index contributed by atoms with van der Waals surface area (Å²) in [6, 6.07) is 3.33. The van der Waals surface area contributed by atoms with Gasteiger partial charge in [0.2, 0.25) is 5.91 Å². The first kappa shape index (κ1) is 13.2. The topological polar surface area (TPSA) is 44.8 Å². The maximum Gasteiger partial charge on any atom is 0.230 e. The van der Waals surface area contributed by atoms with E-state index in [1.54, 1.807) is 7.05 Å². The third-order valence-corrected chi connectivity index (χ3v) is 3.79. The largest absolute Gasteiger partial charge is 0.488 e. The molecule has 1 saturated heterocycles. The number of hydrogen-bond donors (Lipinski definition) is 1. The molecule has 2 heterocycles. The average Bonchev–Trinajstić information content (AvgIpc) is 2.61. The van der Waals surface area contributed by atoms with Gasteiger partial charge in [-0.3, -0.25) is 4.79 Å². The van der Waals surface area contributed by atoms with Gasteiger partial charge in [0.25, 0.3) is 0 Å². The highest BCUT2D eigenvalue weighted by atomic mass is 19.1. The van der Waals surface area contributed by atoms with Gasteiger partial charge in [-0.05, 0) is 6.07 Å². The van der Waals surface area contributed by atoms with Crippen molar-refractivity contribution in [1.82, 2.24) is 5.32 Å². The molecule has 20 heavy (non-hydrogen) atoms. The zero-order valence-corrected chi connectivity index (χ0v) is 11.5. The summed E-state index contributed by atoms with van der Waals surface area (Å²) in [5.74, 6) is -0.282. The van der Waals surface area contributed by atoms with E-state index < -0.39 is 5.82 Å². The molecule has 0 radical (unpaired) electrons. The van der Waals surface area contributed by atoms with Crippen molar-refractivity contribution >= 4 is 17.3 Å². The quantitative estimate of drug-likeness (QED) is 0.832. The van der Waals surface area contributed by atoms with Crippen molar-refractivity contribution in [3.05, 3.63) is 17.9 Å². The molecule has 2 aliphatic rings. The molecule has 0 aliphatic carbocycles. The second-order valence-electron chi connectivity index (χ2n) is 5.06. The van der Waals surface area contributed by atoms with Crippen molar-refractivity contribution in [3.63, 3.8) is 0 Å². The molecule has 6 heteroatoms. The van der Waals surface area contributed by atoms with Crippen LogP contribution in [-0.4, -0.2) is 45.7 Å². The van der Waals surface area contributed by atoms with Crippen LogP contribution >= 0.6 is 0 Å². The lowest BCUT2D eigenvalue weighted by molar-refractivity contribution is -0.118. The third-order valence-electron chi connectivity index (χ3n) is 3.79. The van der Waals surface area contributed by atoms with E-state index in [0.717, 1.165) is 31.9 Å². The molecule has 3 rings (SSSR count). The van der Waals surface area contributed by atoms with Crippen molar-refractivity contribution in [2.24, 2.45) is 0 Å². The molecule has 1 aromatic rings. The van der Waals surface area contributed by atoms with Crippen molar-refractivity contribution in [1.29, 1.82) is 0 Å². The number of ether oxygens (including phenoxy) is 1. The lowest BCUT2D eigenvalue weighted by Gasteiger charge is -2.30. The van der Waals surface area contributed by atoms with Crippen LogP contribution in [0.4, 0.5) is 15.8 Å². The van der Waals surface area contributed by atoms with Crippen LogP contribution in [0.25, 0.3) is 0 Å². The molecule has 1 amide bonds. The summed E-state index contributed by atoms with van der Waals surface area (Å²) in [6.07, 6.45) is 0.271. The predicted octanol–water partition coefficient (Wildman–Crippen LogP) is 0.981. The van der Waals surface area contributed by atoms with Crippen LogP contribution in [0.2, 0.25) is 0 Å². The maximum atomic E-state index is 14.3. The second kappa shape index (κ2) is 5.28. The van der Waals surface area contributed by atoms with Crippen molar-refractivity contribution < 1.29 is 13.9 Å². The van der Waals surface area contributed by atoms with Crippen LogP contribution in [0.15, 0.2) is 12.1 Å². The molecule has 0 saturated carbocycles. The molecular weight excluding hydrogens is 261 g/mol. The molecule has 2 aliphatic heterocycles. The number of benzene rings is 1. The molecule has 1 fully saturated rings. The minimum atomic E-state index is -0.405. The number of carbonyl (C=O) groups excluding carboxylic acids is 1. The Labute approximate surface area is 117 Å². The first-order valence-electron chi connectivity index (χ1n) is 6.85. The minimum Gasteiger partial charge on any atom is -0.488 e. The molecular formula is C14H18FN3O2. The molecule has 1 aromatic carbocycles. The van der Waals surface area contributed by atoms with Crippen LogP contribution in [0, 0.1) is 5.82 Å². The number of hydrogen-bond acceptors (Lipinski definition) is 4. The highest BCUT2D eigenvalue weighted by Crippen LogP contribution is 2.37. The Kier molecular flexibility index (Phi) is 3.48. The van der Waals surface area contributed by atoms with Crippen LogP contribution in [-0.2, 0) is 4.79 Å². The fourth-order valence-corrected chi connectivity index (χ4v) is 2.61. The summed E-state index contributed by atoms with van der Waals surface area (Å²) in [5.41, 5.74) is 1.31. The summed E-state index contributed by atoms with van der Waals surface area (Å²) in [5, 5.41) is 3.26. The summed E-state index contributed by atoms with van der Waals surface area (Å²) >= 11 is 0. The lowest BCUT2D eigenvalue weighted by Crippen LogP contribution is -2.43. The molecule has 1 N–H and O–H groups in total. The van der Waals surface area contributed by atoms with Gasteiger partial charge < -0.3 is 19.9 Å². The normalized spacial score (nSPS) is 19.4. The Morgan fingerprint density at radius 2 is 2.05 bits per heavy atom. The number of nitrogens with zero attached hydrogens (tertiary/aromatic N) is 2. The summed E-state index contributed by atoms with van der Waals surface area (Å²) in [6.45, 7) is 3.64. The van der Waals surface area contributed by atoms with Crippen LogP contribution in [0.3, 0.4) is 0 Å². The van der Waals surface area contributed by atoms with Gasteiger partial charge in [0.05, 0.1) is 18.7 Å². The average molecular weight is 279 g/mol. The van der Waals surface area contributed by atoms with Crippen molar-refractivity contribution in [2.45, 2.75) is 6.42 Å². The van der Waals surface area contributed by atoms with Gasteiger partial charge in [-0.2, -0.15) is 0 Å². The molecule has 5 nitrogen and oxygen atoms in total. The van der Waals surface area contributed by atoms with E-state index in [1.807, 2.05) is 6.07 Å². The first-order chi connectivity index (χ1) is 9.66. The number of anilines is 2. The standard InChI is InChI=1S/C14H18FN3O2/c1-17-12-9-10(18-5-3-16-4-6-18)8-11(15)14(12)20-7-2-13(17)19/h8-9,16H,2-7H2,1H3. The van der Waals surface area contributed by atoms with Crippen LogP contribution < -0.4 is 19.9 Å². The van der Waals surface area contributed by atoms with Gasteiger partial charge in [0.1, 0.15) is 0 Å². The van der Waals surface area contributed by atoms with Gasteiger partial charge in [-0.25, -0.2) is 4.39 Å².